The average Bonchev–Trinajstić information content (AvgIpc) is 2.32. The molecule has 0 radical (unpaired) electrons. The minimum Gasteiger partial charge on any atom is -0.478 e. The van der Waals surface area contributed by atoms with Crippen LogP contribution in [0.2, 0.25) is 0 Å². The Balaban J connectivity index is 3.43. The Labute approximate surface area is 112 Å². The van der Waals surface area contributed by atoms with Gasteiger partial charge in [0.25, 0.3) is 0 Å². The Hall–Kier alpha value is -0.790. The van der Waals surface area contributed by atoms with Gasteiger partial charge in [-0.2, -0.15) is 0 Å². The molecule has 0 aromatic carbocycles. The van der Waals surface area contributed by atoms with Crippen molar-refractivity contribution in [3.05, 3.63) is 11.6 Å². The van der Waals surface area contributed by atoms with E-state index in [0.717, 1.165) is 6.42 Å². The molecule has 0 aliphatic carbocycles. The predicted molar refractivity (Wildman–Crippen MR) is 77.8 cm³/mol. The molecule has 2 nitrogen and oxygen atoms in total. The summed E-state index contributed by atoms with van der Waals surface area (Å²) in [6.07, 6.45) is 13.6. The third-order valence-corrected chi connectivity index (χ3v) is 3.38. The van der Waals surface area contributed by atoms with Crippen molar-refractivity contribution in [1.82, 2.24) is 0 Å². The van der Waals surface area contributed by atoms with Crippen LogP contribution in [-0.2, 0) is 4.79 Å². The second kappa shape index (κ2) is 11.3. The van der Waals surface area contributed by atoms with E-state index in [2.05, 4.69) is 13.8 Å². The van der Waals surface area contributed by atoms with Crippen molar-refractivity contribution < 1.29 is 9.90 Å². The highest BCUT2D eigenvalue weighted by Gasteiger charge is 2.03. The Morgan fingerprint density at radius 3 is 2.06 bits per heavy atom. The maximum atomic E-state index is 10.7. The highest BCUT2D eigenvalue weighted by molar-refractivity contribution is 5.85. The summed E-state index contributed by atoms with van der Waals surface area (Å²) in [5, 5.41) is 8.77. The first-order valence-corrected chi connectivity index (χ1v) is 7.49. The van der Waals surface area contributed by atoms with Gasteiger partial charge < -0.3 is 5.11 Å². The lowest BCUT2D eigenvalue weighted by atomic mass is 9.99. The van der Waals surface area contributed by atoms with Crippen LogP contribution in [0.25, 0.3) is 0 Å². The molecule has 0 heterocycles. The van der Waals surface area contributed by atoms with Gasteiger partial charge in [-0.05, 0) is 19.3 Å². The zero-order valence-electron chi connectivity index (χ0n) is 12.4. The zero-order chi connectivity index (χ0) is 13.8. The lowest BCUT2D eigenvalue weighted by Gasteiger charge is -2.07. The number of carbonyl (C=O) groups is 1. The summed E-state index contributed by atoms with van der Waals surface area (Å²) < 4.78 is 0. The summed E-state index contributed by atoms with van der Waals surface area (Å²) in [7, 11) is 0. The molecule has 0 fully saturated rings. The lowest BCUT2D eigenvalue weighted by molar-refractivity contribution is -0.132. The van der Waals surface area contributed by atoms with Crippen LogP contribution >= 0.6 is 0 Å². The Bertz CT molecular complexity index is 243. The summed E-state index contributed by atoms with van der Waals surface area (Å²) in [5.41, 5.74) is 0.474. The first-order chi connectivity index (χ1) is 8.57. The summed E-state index contributed by atoms with van der Waals surface area (Å²) in [6, 6.07) is 0. The van der Waals surface area contributed by atoms with Gasteiger partial charge in [-0.1, -0.05) is 71.3 Å². The van der Waals surface area contributed by atoms with E-state index in [1.807, 2.05) is 6.08 Å². The number of carboxylic acids is 1. The molecular weight excluding hydrogens is 224 g/mol. The van der Waals surface area contributed by atoms with Gasteiger partial charge in [-0.15, -0.1) is 0 Å². The van der Waals surface area contributed by atoms with Gasteiger partial charge in [-0.3, -0.25) is 0 Å². The van der Waals surface area contributed by atoms with Crippen LogP contribution < -0.4 is 0 Å². The first kappa shape index (κ1) is 17.2. The van der Waals surface area contributed by atoms with Crippen molar-refractivity contribution in [1.29, 1.82) is 0 Å². The molecule has 0 saturated carbocycles. The monoisotopic (exact) mass is 254 g/mol. The van der Waals surface area contributed by atoms with Crippen LogP contribution in [-0.4, -0.2) is 11.1 Å². The highest BCUT2D eigenvalue weighted by atomic mass is 16.4. The van der Waals surface area contributed by atoms with E-state index in [1.165, 1.54) is 51.4 Å². The summed E-state index contributed by atoms with van der Waals surface area (Å²) in [5.74, 6) is -0.404. The van der Waals surface area contributed by atoms with Crippen LogP contribution in [0.15, 0.2) is 11.6 Å². The topological polar surface area (TPSA) is 37.3 Å². The number of carboxylic acid groups (broad SMARTS) is 1. The largest absolute Gasteiger partial charge is 0.478 e. The third-order valence-electron chi connectivity index (χ3n) is 3.38. The normalized spacial score (nSPS) is 13.6. The van der Waals surface area contributed by atoms with Crippen LogP contribution in [0.4, 0.5) is 0 Å². The molecule has 1 atom stereocenters. The predicted octanol–water partition coefficient (Wildman–Crippen LogP) is 5.18. The van der Waals surface area contributed by atoms with Gasteiger partial charge in [0.2, 0.25) is 0 Å². The summed E-state index contributed by atoms with van der Waals surface area (Å²) in [6.45, 7) is 6.02. The van der Waals surface area contributed by atoms with E-state index in [0.29, 0.717) is 11.5 Å². The SMILES string of the molecule is CCCCCCCCCCC(C)/C=C(\C)C(=O)O. The lowest BCUT2D eigenvalue weighted by Crippen LogP contribution is -1.99. The molecule has 0 spiro atoms. The number of unbranched alkanes of at least 4 members (excludes halogenated alkanes) is 7. The van der Waals surface area contributed by atoms with Gasteiger partial charge in [0.05, 0.1) is 0 Å². The van der Waals surface area contributed by atoms with E-state index < -0.39 is 5.97 Å². The minimum absolute atomic E-state index is 0.390. The van der Waals surface area contributed by atoms with Crippen molar-refractivity contribution >= 4 is 5.97 Å². The average molecular weight is 254 g/mol. The number of hydrogen-bond acceptors (Lipinski definition) is 1. The van der Waals surface area contributed by atoms with Gasteiger partial charge in [-0.25, -0.2) is 4.79 Å². The molecule has 0 bridgehead atoms. The van der Waals surface area contributed by atoms with Crippen LogP contribution in [0.1, 0.15) is 78.6 Å². The van der Waals surface area contributed by atoms with Gasteiger partial charge >= 0.3 is 5.97 Å². The Morgan fingerprint density at radius 2 is 1.56 bits per heavy atom. The quantitative estimate of drug-likeness (QED) is 0.407. The molecule has 0 aromatic rings. The van der Waals surface area contributed by atoms with Gasteiger partial charge in [0.15, 0.2) is 0 Å². The number of allylic oxidation sites excluding steroid dienone is 1. The molecule has 0 saturated heterocycles. The van der Waals surface area contributed by atoms with Crippen molar-refractivity contribution in [3.63, 3.8) is 0 Å². The molecule has 1 unspecified atom stereocenters. The smallest absolute Gasteiger partial charge is 0.330 e. The number of rotatable bonds is 11. The second-order valence-corrected chi connectivity index (χ2v) is 5.40. The molecule has 0 aliphatic heterocycles. The highest BCUT2D eigenvalue weighted by Crippen LogP contribution is 2.15. The third kappa shape index (κ3) is 10.4. The molecule has 18 heavy (non-hydrogen) atoms. The van der Waals surface area contributed by atoms with Crippen LogP contribution in [0.3, 0.4) is 0 Å². The number of aliphatic carboxylic acids is 1. The van der Waals surface area contributed by atoms with Crippen LogP contribution in [0.5, 0.6) is 0 Å². The fraction of sp³-hybridized carbons (Fsp3) is 0.812. The fourth-order valence-electron chi connectivity index (χ4n) is 2.18. The maximum absolute atomic E-state index is 10.7. The molecule has 0 amide bonds. The molecule has 0 aromatic heterocycles. The number of hydrogen-bond donors (Lipinski definition) is 1. The summed E-state index contributed by atoms with van der Waals surface area (Å²) in [4.78, 5) is 10.7. The van der Waals surface area contributed by atoms with E-state index in [1.54, 1.807) is 6.92 Å². The Morgan fingerprint density at radius 1 is 1.06 bits per heavy atom. The van der Waals surface area contributed by atoms with Crippen molar-refractivity contribution in [3.8, 4) is 0 Å². The van der Waals surface area contributed by atoms with E-state index in [4.69, 9.17) is 5.11 Å². The van der Waals surface area contributed by atoms with Crippen molar-refractivity contribution in [2.24, 2.45) is 5.92 Å². The van der Waals surface area contributed by atoms with Gasteiger partial charge in [0, 0.05) is 5.57 Å². The summed E-state index contributed by atoms with van der Waals surface area (Å²) >= 11 is 0. The second-order valence-electron chi connectivity index (χ2n) is 5.40. The van der Waals surface area contributed by atoms with E-state index in [-0.39, 0.29) is 0 Å². The van der Waals surface area contributed by atoms with Crippen molar-refractivity contribution in [2.45, 2.75) is 78.6 Å². The molecule has 0 rings (SSSR count). The molecule has 106 valence electrons. The van der Waals surface area contributed by atoms with Crippen LogP contribution in [0, 0.1) is 5.92 Å². The van der Waals surface area contributed by atoms with Gasteiger partial charge in [0.1, 0.15) is 0 Å². The van der Waals surface area contributed by atoms with Crippen molar-refractivity contribution in [2.75, 3.05) is 0 Å². The minimum atomic E-state index is -0.794. The Kier molecular flexibility index (Phi) is 10.8. The zero-order valence-corrected chi connectivity index (χ0v) is 12.4. The molecule has 0 aliphatic rings. The van der Waals surface area contributed by atoms with E-state index >= 15 is 0 Å². The maximum Gasteiger partial charge on any atom is 0.330 e. The molecular formula is C16H30O2. The molecule has 2 heteroatoms. The molecule has 1 N–H and O–H groups in total. The fourth-order valence-corrected chi connectivity index (χ4v) is 2.18. The standard InChI is InChI=1S/C16H30O2/c1-4-5-6-7-8-9-10-11-12-14(2)13-15(3)16(17)18/h13-14H,4-12H2,1-3H3,(H,17,18)/b15-13+. The van der Waals surface area contributed by atoms with E-state index in [9.17, 15) is 4.79 Å². The first-order valence-electron chi connectivity index (χ1n) is 7.49.